The number of aryl methyl sites for hydroxylation is 3. The van der Waals surface area contributed by atoms with Crippen molar-refractivity contribution in [2.45, 2.75) is 27.3 Å². The fourth-order valence-corrected chi connectivity index (χ4v) is 3.28. The topological polar surface area (TPSA) is 81.8 Å². The molecular weight excluding hydrogens is 385 g/mol. The Kier molecular flexibility index (Phi) is 4.91. The summed E-state index contributed by atoms with van der Waals surface area (Å²) < 4.78 is 16.0. The number of aromatic nitrogens is 4. The Balaban J connectivity index is 1.73. The normalized spacial score (nSPS) is 11.1. The summed E-state index contributed by atoms with van der Waals surface area (Å²) in [7, 11) is 0. The summed E-state index contributed by atoms with van der Waals surface area (Å²) in [6.07, 6.45) is 1.60. The summed E-state index contributed by atoms with van der Waals surface area (Å²) in [5.74, 6) is -0.941. The maximum absolute atomic E-state index is 13.3. The molecule has 0 atom stereocenters. The fraction of sp³-hybridized carbons (Fsp3) is 0.182. The van der Waals surface area contributed by atoms with Crippen LogP contribution in [0.25, 0.3) is 16.6 Å². The van der Waals surface area contributed by atoms with Gasteiger partial charge in [0.25, 0.3) is 5.56 Å². The van der Waals surface area contributed by atoms with Crippen molar-refractivity contribution in [3.05, 3.63) is 81.7 Å². The van der Waals surface area contributed by atoms with Gasteiger partial charge in [-0.2, -0.15) is 10.2 Å². The third-order valence-corrected chi connectivity index (χ3v) is 5.00. The van der Waals surface area contributed by atoms with Crippen LogP contribution >= 0.6 is 0 Å². The van der Waals surface area contributed by atoms with Crippen LogP contribution in [0.1, 0.15) is 16.8 Å². The van der Waals surface area contributed by atoms with Crippen LogP contribution in [0.4, 0.5) is 10.1 Å². The van der Waals surface area contributed by atoms with Crippen LogP contribution in [0.15, 0.2) is 53.5 Å². The molecule has 7 nitrogen and oxygen atoms in total. The van der Waals surface area contributed by atoms with Crippen molar-refractivity contribution in [1.29, 1.82) is 0 Å². The zero-order chi connectivity index (χ0) is 21.4. The van der Waals surface area contributed by atoms with Gasteiger partial charge in [0.15, 0.2) is 0 Å². The average molecular weight is 405 g/mol. The van der Waals surface area contributed by atoms with E-state index in [0.717, 1.165) is 21.5 Å². The molecule has 0 saturated carbocycles. The van der Waals surface area contributed by atoms with E-state index in [1.54, 1.807) is 23.9 Å². The summed E-state index contributed by atoms with van der Waals surface area (Å²) in [6, 6.07) is 11.4. The van der Waals surface area contributed by atoms with Crippen LogP contribution < -0.4 is 10.9 Å². The molecule has 0 radical (unpaired) electrons. The number of anilines is 1. The summed E-state index contributed by atoms with van der Waals surface area (Å²) in [5, 5.41) is 11.8. The summed E-state index contributed by atoms with van der Waals surface area (Å²) >= 11 is 0. The van der Waals surface area contributed by atoms with Crippen LogP contribution in [0.2, 0.25) is 0 Å². The summed E-state index contributed by atoms with van der Waals surface area (Å²) in [5.41, 5.74) is 3.79. The minimum atomic E-state index is -0.480. The third-order valence-electron chi connectivity index (χ3n) is 5.00. The van der Waals surface area contributed by atoms with Crippen molar-refractivity contribution < 1.29 is 9.18 Å². The number of halogens is 1. The molecule has 0 aliphatic rings. The van der Waals surface area contributed by atoms with Crippen LogP contribution in [0.3, 0.4) is 0 Å². The molecule has 4 rings (SSSR count). The number of carbonyl (C=O) groups is 1. The number of nitrogens with zero attached hydrogens (tertiary/aromatic N) is 4. The van der Waals surface area contributed by atoms with Gasteiger partial charge in [-0.3, -0.25) is 9.59 Å². The quantitative estimate of drug-likeness (QED) is 0.565. The Labute approximate surface area is 171 Å². The Morgan fingerprint density at radius 1 is 1.10 bits per heavy atom. The van der Waals surface area contributed by atoms with E-state index in [9.17, 15) is 14.0 Å². The molecule has 30 heavy (non-hydrogen) atoms. The van der Waals surface area contributed by atoms with Crippen LogP contribution in [0, 0.1) is 26.6 Å². The highest BCUT2D eigenvalue weighted by Crippen LogP contribution is 2.19. The van der Waals surface area contributed by atoms with E-state index in [0.29, 0.717) is 22.3 Å². The maximum atomic E-state index is 13.3. The lowest BCUT2D eigenvalue weighted by atomic mass is 10.1. The van der Waals surface area contributed by atoms with Crippen molar-refractivity contribution in [2.24, 2.45) is 0 Å². The van der Waals surface area contributed by atoms with Crippen LogP contribution in [-0.4, -0.2) is 25.5 Å². The standard InChI is InChI=1S/C22H20FN5O2/c1-13-7-8-18(9-14(13)2)28-21-19(11-24-28)15(3)26-27(22(21)30)12-20(29)25-17-6-4-5-16(23)10-17/h4-11H,12H2,1-3H3,(H,25,29). The van der Waals surface area contributed by atoms with Gasteiger partial charge in [0.05, 0.1) is 17.6 Å². The Morgan fingerprint density at radius 3 is 2.63 bits per heavy atom. The van der Waals surface area contributed by atoms with Crippen molar-refractivity contribution >= 4 is 22.5 Å². The molecule has 0 bridgehead atoms. The van der Waals surface area contributed by atoms with Gasteiger partial charge in [-0.15, -0.1) is 0 Å². The lowest BCUT2D eigenvalue weighted by Gasteiger charge is -2.10. The van der Waals surface area contributed by atoms with E-state index in [1.807, 2.05) is 32.0 Å². The van der Waals surface area contributed by atoms with E-state index >= 15 is 0 Å². The lowest BCUT2D eigenvalue weighted by molar-refractivity contribution is -0.117. The first-order valence-electron chi connectivity index (χ1n) is 9.42. The predicted molar refractivity (Wildman–Crippen MR) is 112 cm³/mol. The molecule has 8 heteroatoms. The van der Waals surface area contributed by atoms with Gasteiger partial charge in [0.2, 0.25) is 5.91 Å². The number of carbonyl (C=O) groups excluding carboxylic acids is 1. The monoisotopic (exact) mass is 405 g/mol. The molecule has 0 aliphatic carbocycles. The van der Waals surface area contributed by atoms with Gasteiger partial charge in [-0.1, -0.05) is 12.1 Å². The first-order chi connectivity index (χ1) is 14.3. The van der Waals surface area contributed by atoms with E-state index < -0.39 is 17.3 Å². The maximum Gasteiger partial charge on any atom is 0.293 e. The van der Waals surface area contributed by atoms with Crippen molar-refractivity contribution in [3.63, 3.8) is 0 Å². The SMILES string of the molecule is Cc1ccc(-n2ncc3c(C)nn(CC(=O)Nc4cccc(F)c4)c(=O)c32)cc1C. The second-order valence-corrected chi connectivity index (χ2v) is 7.19. The van der Waals surface area contributed by atoms with Gasteiger partial charge < -0.3 is 5.32 Å². The number of amides is 1. The highest BCUT2D eigenvalue weighted by molar-refractivity contribution is 5.90. The zero-order valence-corrected chi connectivity index (χ0v) is 16.8. The van der Waals surface area contributed by atoms with E-state index in [1.165, 1.54) is 18.2 Å². The largest absolute Gasteiger partial charge is 0.324 e. The highest BCUT2D eigenvalue weighted by Gasteiger charge is 2.17. The number of nitrogens with one attached hydrogen (secondary N) is 1. The second kappa shape index (κ2) is 7.55. The average Bonchev–Trinajstić information content (AvgIpc) is 3.14. The van der Waals surface area contributed by atoms with Gasteiger partial charge >= 0.3 is 0 Å². The number of hydrogen-bond acceptors (Lipinski definition) is 4. The van der Waals surface area contributed by atoms with Crippen molar-refractivity contribution in [2.75, 3.05) is 5.32 Å². The van der Waals surface area contributed by atoms with Gasteiger partial charge in [-0.25, -0.2) is 13.8 Å². The molecule has 152 valence electrons. The first kappa shape index (κ1) is 19.5. The Bertz CT molecular complexity index is 1340. The molecule has 1 N–H and O–H groups in total. The van der Waals surface area contributed by atoms with Crippen LogP contribution in [0.5, 0.6) is 0 Å². The molecule has 2 heterocycles. The first-order valence-corrected chi connectivity index (χ1v) is 9.42. The van der Waals surface area contributed by atoms with Crippen molar-refractivity contribution in [3.8, 4) is 5.69 Å². The van der Waals surface area contributed by atoms with E-state index in [2.05, 4.69) is 15.5 Å². The number of fused-ring (bicyclic) bond motifs is 1. The zero-order valence-electron chi connectivity index (χ0n) is 16.8. The molecule has 2 aromatic heterocycles. The molecule has 0 unspecified atom stereocenters. The molecule has 0 fully saturated rings. The number of rotatable bonds is 4. The summed E-state index contributed by atoms with van der Waals surface area (Å²) in [4.78, 5) is 25.5. The minimum Gasteiger partial charge on any atom is -0.324 e. The van der Waals surface area contributed by atoms with Gasteiger partial charge in [0, 0.05) is 11.1 Å². The highest BCUT2D eigenvalue weighted by atomic mass is 19.1. The smallest absolute Gasteiger partial charge is 0.293 e. The number of hydrogen-bond donors (Lipinski definition) is 1. The molecule has 0 saturated heterocycles. The third kappa shape index (κ3) is 3.59. The summed E-state index contributed by atoms with van der Waals surface area (Å²) in [6.45, 7) is 5.46. The van der Waals surface area contributed by atoms with E-state index in [-0.39, 0.29) is 6.54 Å². The lowest BCUT2D eigenvalue weighted by Crippen LogP contribution is -2.31. The Hall–Kier alpha value is -3.81. The second-order valence-electron chi connectivity index (χ2n) is 7.19. The Morgan fingerprint density at radius 2 is 1.90 bits per heavy atom. The molecule has 0 spiro atoms. The molecule has 4 aromatic rings. The molecule has 0 aliphatic heterocycles. The minimum absolute atomic E-state index is 0.301. The van der Waals surface area contributed by atoms with Gasteiger partial charge in [-0.05, 0) is 62.2 Å². The molecule has 2 aromatic carbocycles. The predicted octanol–water partition coefficient (Wildman–Crippen LogP) is 3.29. The van der Waals surface area contributed by atoms with E-state index in [4.69, 9.17) is 0 Å². The molecular formula is C22H20FN5O2. The fourth-order valence-electron chi connectivity index (χ4n) is 3.28. The molecule has 1 amide bonds. The van der Waals surface area contributed by atoms with Gasteiger partial charge in [0.1, 0.15) is 17.9 Å². The van der Waals surface area contributed by atoms with Crippen LogP contribution in [-0.2, 0) is 11.3 Å². The van der Waals surface area contributed by atoms with Crippen molar-refractivity contribution in [1.82, 2.24) is 19.6 Å². The number of benzene rings is 2.